The molecule has 2 aromatic rings. The Morgan fingerprint density at radius 1 is 1.19 bits per heavy atom. The van der Waals surface area contributed by atoms with E-state index >= 15 is 0 Å². The van der Waals surface area contributed by atoms with Gasteiger partial charge in [-0.25, -0.2) is 4.79 Å². The van der Waals surface area contributed by atoms with Crippen molar-refractivity contribution in [3.05, 3.63) is 64.4 Å². The number of ketones is 1. The fourth-order valence-electron chi connectivity index (χ4n) is 2.50. The summed E-state index contributed by atoms with van der Waals surface area (Å²) in [7, 11) is 0. The Morgan fingerprint density at radius 2 is 1.93 bits per heavy atom. The van der Waals surface area contributed by atoms with Crippen LogP contribution in [0, 0.1) is 0 Å². The largest absolute Gasteiger partial charge is 0.482 e. The zero-order valence-electron chi connectivity index (χ0n) is 15.2. The van der Waals surface area contributed by atoms with Gasteiger partial charge in [0.1, 0.15) is 17.1 Å². The summed E-state index contributed by atoms with van der Waals surface area (Å²) in [6.07, 6.45) is 1.60. The first-order valence-electron chi connectivity index (χ1n) is 8.40. The van der Waals surface area contributed by atoms with Crippen molar-refractivity contribution in [3.63, 3.8) is 0 Å². The van der Waals surface area contributed by atoms with Gasteiger partial charge in [0, 0.05) is 11.1 Å². The second kappa shape index (κ2) is 7.45. The van der Waals surface area contributed by atoms with Crippen molar-refractivity contribution in [2.75, 3.05) is 6.61 Å². The number of hydrogen-bond donors (Lipinski definition) is 0. The van der Waals surface area contributed by atoms with Gasteiger partial charge in [0.2, 0.25) is 5.78 Å². The Kier molecular flexibility index (Phi) is 5.24. The summed E-state index contributed by atoms with van der Waals surface area (Å²) in [5.41, 5.74) is 0.543. The molecule has 140 valence electrons. The number of ether oxygens (including phenoxy) is 3. The minimum atomic E-state index is -0.577. The number of carbonyl (C=O) groups excluding carboxylic acids is 2. The second-order valence-corrected chi connectivity index (χ2v) is 7.40. The standard InChI is InChI=1S/C21H19ClO5/c1-21(2,3)27-19(23)12-25-14-8-9-15-17(11-14)26-18(20(15)24)10-13-6-4-5-7-16(13)22/h4-11H,12H2,1-3H3. The van der Waals surface area contributed by atoms with E-state index < -0.39 is 11.6 Å². The van der Waals surface area contributed by atoms with Crippen molar-refractivity contribution < 1.29 is 23.8 Å². The average Bonchev–Trinajstić information content (AvgIpc) is 2.89. The van der Waals surface area contributed by atoms with Gasteiger partial charge in [-0.1, -0.05) is 29.8 Å². The van der Waals surface area contributed by atoms with Crippen molar-refractivity contribution in [3.8, 4) is 11.5 Å². The molecule has 0 spiro atoms. The van der Waals surface area contributed by atoms with Gasteiger partial charge < -0.3 is 14.2 Å². The molecule has 0 N–H and O–H groups in total. The molecule has 5 nitrogen and oxygen atoms in total. The molecule has 0 saturated carbocycles. The molecule has 0 amide bonds. The van der Waals surface area contributed by atoms with Gasteiger partial charge in [0.05, 0.1) is 5.56 Å². The van der Waals surface area contributed by atoms with E-state index in [4.69, 9.17) is 25.8 Å². The van der Waals surface area contributed by atoms with Crippen molar-refractivity contribution >= 4 is 29.4 Å². The summed E-state index contributed by atoms with van der Waals surface area (Å²) in [5.74, 6) is 0.261. The summed E-state index contributed by atoms with van der Waals surface area (Å²) in [5, 5.41) is 0.527. The topological polar surface area (TPSA) is 61.8 Å². The molecular weight excluding hydrogens is 368 g/mol. The molecule has 0 bridgehead atoms. The molecule has 0 aliphatic carbocycles. The number of allylic oxidation sites excluding steroid dienone is 1. The molecule has 2 aromatic carbocycles. The molecule has 1 aliphatic rings. The van der Waals surface area contributed by atoms with Crippen LogP contribution >= 0.6 is 11.6 Å². The van der Waals surface area contributed by atoms with Crippen LogP contribution in [0.2, 0.25) is 5.02 Å². The molecule has 27 heavy (non-hydrogen) atoms. The number of esters is 1. The summed E-state index contributed by atoms with van der Waals surface area (Å²) in [4.78, 5) is 24.2. The lowest BCUT2D eigenvalue weighted by Gasteiger charge is -2.19. The van der Waals surface area contributed by atoms with Crippen LogP contribution in [0.1, 0.15) is 36.7 Å². The number of halogens is 1. The number of carbonyl (C=O) groups is 2. The molecule has 0 saturated heterocycles. The van der Waals surface area contributed by atoms with Gasteiger partial charge in [-0.2, -0.15) is 0 Å². The minimum absolute atomic E-state index is 0.183. The van der Waals surface area contributed by atoms with Crippen molar-refractivity contribution in [1.82, 2.24) is 0 Å². The van der Waals surface area contributed by atoms with Crippen LogP contribution in [0.15, 0.2) is 48.2 Å². The van der Waals surface area contributed by atoms with Crippen molar-refractivity contribution in [1.29, 1.82) is 0 Å². The molecular formula is C21H19ClO5. The van der Waals surface area contributed by atoms with E-state index in [1.807, 2.05) is 12.1 Å². The third-order valence-corrected chi connectivity index (χ3v) is 3.95. The number of Topliss-reactive ketones (excluding diaryl/α,β-unsaturated/α-hetero) is 1. The minimum Gasteiger partial charge on any atom is -0.482 e. The van der Waals surface area contributed by atoms with Crippen LogP contribution in [-0.2, 0) is 9.53 Å². The molecule has 1 heterocycles. The summed E-state index contributed by atoms with van der Waals surface area (Å²) >= 11 is 6.13. The van der Waals surface area contributed by atoms with Crippen molar-refractivity contribution in [2.45, 2.75) is 26.4 Å². The first-order chi connectivity index (χ1) is 12.7. The SMILES string of the molecule is CC(C)(C)OC(=O)COc1ccc2c(c1)OC(=Cc1ccccc1Cl)C2=O. The van der Waals surface area contributed by atoms with Crippen LogP contribution < -0.4 is 9.47 Å². The van der Waals surface area contributed by atoms with Gasteiger partial charge in [0.25, 0.3) is 0 Å². The number of rotatable bonds is 4. The van der Waals surface area contributed by atoms with Gasteiger partial charge in [0.15, 0.2) is 12.4 Å². The van der Waals surface area contributed by atoms with E-state index in [1.54, 1.807) is 57.2 Å². The fourth-order valence-corrected chi connectivity index (χ4v) is 2.69. The molecule has 0 unspecified atom stereocenters. The Hall–Kier alpha value is -2.79. The summed E-state index contributed by atoms with van der Waals surface area (Å²) in [6, 6.07) is 12.0. The van der Waals surface area contributed by atoms with Crippen molar-refractivity contribution in [2.24, 2.45) is 0 Å². The molecule has 0 radical (unpaired) electrons. The van der Waals surface area contributed by atoms with Crippen LogP contribution in [0.5, 0.6) is 11.5 Å². The second-order valence-electron chi connectivity index (χ2n) is 6.99. The third-order valence-electron chi connectivity index (χ3n) is 3.61. The lowest BCUT2D eigenvalue weighted by Crippen LogP contribution is -2.27. The van der Waals surface area contributed by atoms with Gasteiger partial charge in [-0.3, -0.25) is 4.79 Å². The molecule has 0 fully saturated rings. The molecule has 0 aromatic heterocycles. The first kappa shape index (κ1) is 19.0. The number of hydrogen-bond acceptors (Lipinski definition) is 5. The summed E-state index contributed by atoms with van der Waals surface area (Å²) in [6.45, 7) is 5.12. The van der Waals surface area contributed by atoms with Gasteiger partial charge >= 0.3 is 5.97 Å². The Bertz CT molecular complexity index is 924. The van der Waals surface area contributed by atoms with Gasteiger partial charge in [-0.15, -0.1) is 0 Å². The monoisotopic (exact) mass is 386 g/mol. The lowest BCUT2D eigenvalue weighted by molar-refractivity contribution is -0.157. The third kappa shape index (κ3) is 4.68. The van der Waals surface area contributed by atoms with Gasteiger partial charge in [-0.05, 0) is 50.6 Å². The highest BCUT2D eigenvalue weighted by atomic mass is 35.5. The zero-order chi connectivity index (χ0) is 19.6. The zero-order valence-corrected chi connectivity index (χ0v) is 16.0. The average molecular weight is 387 g/mol. The summed E-state index contributed by atoms with van der Waals surface area (Å²) < 4.78 is 16.3. The Labute approximate surface area is 162 Å². The predicted molar refractivity (Wildman–Crippen MR) is 102 cm³/mol. The Balaban J connectivity index is 1.72. The maximum absolute atomic E-state index is 12.5. The Morgan fingerprint density at radius 3 is 2.63 bits per heavy atom. The van der Waals surface area contributed by atoms with Crippen LogP contribution in [-0.4, -0.2) is 24.0 Å². The van der Waals surface area contributed by atoms with E-state index in [1.165, 1.54) is 0 Å². The maximum Gasteiger partial charge on any atom is 0.344 e. The molecule has 1 aliphatic heterocycles. The van der Waals surface area contributed by atoms with Crippen LogP contribution in [0.25, 0.3) is 6.08 Å². The van der Waals surface area contributed by atoms with E-state index in [2.05, 4.69) is 0 Å². The van der Waals surface area contributed by atoms with Crippen LogP contribution in [0.4, 0.5) is 0 Å². The van der Waals surface area contributed by atoms with Crippen LogP contribution in [0.3, 0.4) is 0 Å². The number of benzene rings is 2. The van der Waals surface area contributed by atoms with E-state index in [-0.39, 0.29) is 18.1 Å². The van der Waals surface area contributed by atoms with E-state index in [0.717, 1.165) is 0 Å². The smallest absolute Gasteiger partial charge is 0.344 e. The normalized spacial score (nSPS) is 14.7. The lowest BCUT2D eigenvalue weighted by atomic mass is 10.1. The fraction of sp³-hybridized carbons (Fsp3) is 0.238. The highest BCUT2D eigenvalue weighted by molar-refractivity contribution is 6.32. The highest BCUT2D eigenvalue weighted by Gasteiger charge is 2.28. The molecule has 3 rings (SSSR count). The maximum atomic E-state index is 12.5. The first-order valence-corrected chi connectivity index (χ1v) is 8.78. The molecule has 6 heteroatoms. The number of fused-ring (bicyclic) bond motifs is 1. The molecule has 0 atom stereocenters. The quantitative estimate of drug-likeness (QED) is 0.564. The predicted octanol–water partition coefficient (Wildman–Crippen LogP) is 4.68. The highest BCUT2D eigenvalue weighted by Crippen LogP contribution is 2.35. The van der Waals surface area contributed by atoms with E-state index in [9.17, 15) is 9.59 Å². The van der Waals surface area contributed by atoms with E-state index in [0.29, 0.717) is 27.6 Å².